The fraction of sp³-hybridized carbons (Fsp3) is 0.750. The molecule has 0 saturated carbocycles. The van der Waals surface area contributed by atoms with Crippen molar-refractivity contribution in [2.75, 3.05) is 33.4 Å². The van der Waals surface area contributed by atoms with E-state index in [1.165, 1.54) is 11.4 Å². The van der Waals surface area contributed by atoms with Gasteiger partial charge in [-0.15, -0.1) is 0 Å². The molecule has 1 aromatic heterocycles. The van der Waals surface area contributed by atoms with Crippen molar-refractivity contribution in [1.29, 1.82) is 0 Å². The fourth-order valence-corrected chi connectivity index (χ4v) is 3.01. The topological polar surface area (TPSA) is 87.3 Å². The van der Waals surface area contributed by atoms with Gasteiger partial charge in [0.25, 0.3) is 10.0 Å². The summed E-state index contributed by atoms with van der Waals surface area (Å²) in [5, 5.41) is 9.92. The lowest BCUT2D eigenvalue weighted by Crippen LogP contribution is -2.31. The number of aromatic nitrogens is 2. The van der Waals surface area contributed by atoms with E-state index >= 15 is 0 Å². The molecule has 7 nitrogen and oxygen atoms in total. The Morgan fingerprint density at radius 1 is 1.40 bits per heavy atom. The number of rotatable bonds is 9. The lowest BCUT2D eigenvalue weighted by Gasteiger charge is -2.16. The third kappa shape index (κ3) is 4.02. The van der Waals surface area contributed by atoms with E-state index in [-0.39, 0.29) is 5.03 Å². The normalized spacial score (nSPS) is 12.2. The highest BCUT2D eigenvalue weighted by Gasteiger charge is 2.27. The molecule has 0 bridgehead atoms. The van der Waals surface area contributed by atoms with Crippen molar-refractivity contribution in [3.05, 3.63) is 11.3 Å². The van der Waals surface area contributed by atoms with E-state index in [0.29, 0.717) is 31.9 Å². The van der Waals surface area contributed by atoms with Gasteiger partial charge >= 0.3 is 0 Å². The molecule has 0 atom stereocenters. The Bertz CT molecular complexity index is 513. The number of ether oxygens (including phenoxy) is 1. The van der Waals surface area contributed by atoms with Crippen molar-refractivity contribution in [3.8, 4) is 0 Å². The summed E-state index contributed by atoms with van der Waals surface area (Å²) in [6.07, 6.45) is 0. The number of aromatic amines is 1. The standard InChI is InChI=1S/C12H24N4O3S/c1-5-13-9-11-10(3)14-15-12(11)20(17,18)16(4)7-8-19-6-2/h13H,5-9H2,1-4H3,(H,14,15). The van der Waals surface area contributed by atoms with Crippen LogP contribution in [0.3, 0.4) is 0 Å². The van der Waals surface area contributed by atoms with Crippen LogP contribution in [0.1, 0.15) is 25.1 Å². The van der Waals surface area contributed by atoms with Crippen molar-refractivity contribution in [2.45, 2.75) is 32.3 Å². The van der Waals surface area contributed by atoms with E-state index in [1.807, 2.05) is 20.8 Å². The summed E-state index contributed by atoms with van der Waals surface area (Å²) in [5.74, 6) is 0. The number of sulfonamides is 1. The van der Waals surface area contributed by atoms with Gasteiger partial charge in [-0.1, -0.05) is 6.92 Å². The van der Waals surface area contributed by atoms with Crippen LogP contribution >= 0.6 is 0 Å². The Hall–Kier alpha value is -0.960. The Kier molecular flexibility index (Phi) is 6.60. The Balaban J connectivity index is 2.91. The molecule has 8 heteroatoms. The molecule has 1 heterocycles. The molecule has 0 aliphatic carbocycles. The zero-order chi connectivity index (χ0) is 15.2. The first-order chi connectivity index (χ1) is 9.45. The molecule has 0 aromatic carbocycles. The lowest BCUT2D eigenvalue weighted by atomic mass is 10.2. The van der Waals surface area contributed by atoms with Gasteiger partial charge in [-0.05, 0) is 20.4 Å². The smallest absolute Gasteiger partial charge is 0.262 e. The molecular formula is C12H24N4O3S. The van der Waals surface area contributed by atoms with Crippen LogP contribution in [0.5, 0.6) is 0 Å². The van der Waals surface area contributed by atoms with E-state index < -0.39 is 10.0 Å². The van der Waals surface area contributed by atoms with Gasteiger partial charge in [0.2, 0.25) is 0 Å². The van der Waals surface area contributed by atoms with E-state index in [0.717, 1.165) is 12.2 Å². The van der Waals surface area contributed by atoms with Crippen LogP contribution in [0, 0.1) is 6.92 Å². The highest BCUT2D eigenvalue weighted by Crippen LogP contribution is 2.19. The van der Waals surface area contributed by atoms with Gasteiger partial charge in [0.15, 0.2) is 5.03 Å². The Morgan fingerprint density at radius 3 is 2.70 bits per heavy atom. The van der Waals surface area contributed by atoms with Gasteiger partial charge in [0.05, 0.1) is 6.61 Å². The lowest BCUT2D eigenvalue weighted by molar-refractivity contribution is 0.138. The second-order valence-electron chi connectivity index (χ2n) is 4.44. The maximum Gasteiger partial charge on any atom is 0.262 e. The second kappa shape index (κ2) is 7.72. The van der Waals surface area contributed by atoms with Crippen LogP contribution in [-0.4, -0.2) is 56.3 Å². The second-order valence-corrected chi connectivity index (χ2v) is 6.40. The summed E-state index contributed by atoms with van der Waals surface area (Å²) in [5.41, 5.74) is 1.46. The molecule has 116 valence electrons. The summed E-state index contributed by atoms with van der Waals surface area (Å²) < 4.78 is 31.4. The summed E-state index contributed by atoms with van der Waals surface area (Å²) in [7, 11) is -2.05. The quantitative estimate of drug-likeness (QED) is 0.648. The maximum atomic E-state index is 12.5. The minimum atomic E-state index is -3.59. The fourth-order valence-electron chi connectivity index (χ4n) is 1.71. The molecule has 0 unspecified atom stereocenters. The minimum Gasteiger partial charge on any atom is -0.380 e. The molecule has 1 aromatic rings. The first kappa shape index (κ1) is 17.1. The first-order valence-corrected chi connectivity index (χ1v) is 8.17. The van der Waals surface area contributed by atoms with Gasteiger partial charge in [-0.3, -0.25) is 5.10 Å². The molecule has 0 amide bonds. The molecule has 1 rings (SSSR count). The van der Waals surface area contributed by atoms with E-state index in [9.17, 15) is 8.42 Å². The highest BCUT2D eigenvalue weighted by molar-refractivity contribution is 7.89. The van der Waals surface area contributed by atoms with Crippen LogP contribution in [0.15, 0.2) is 5.03 Å². The minimum absolute atomic E-state index is 0.0925. The first-order valence-electron chi connectivity index (χ1n) is 6.73. The molecule has 0 spiro atoms. The van der Waals surface area contributed by atoms with E-state index in [4.69, 9.17) is 4.74 Å². The molecule has 0 fully saturated rings. The molecule has 2 N–H and O–H groups in total. The zero-order valence-corrected chi connectivity index (χ0v) is 13.4. The van der Waals surface area contributed by atoms with Crippen LogP contribution in [-0.2, 0) is 21.3 Å². The van der Waals surface area contributed by atoms with E-state index in [1.54, 1.807) is 0 Å². The van der Waals surface area contributed by atoms with Crippen molar-refractivity contribution in [3.63, 3.8) is 0 Å². The SMILES string of the molecule is CCNCc1c(S(=O)(=O)N(C)CCOCC)n[nH]c1C. The molecule has 20 heavy (non-hydrogen) atoms. The molecule has 0 aliphatic rings. The Morgan fingerprint density at radius 2 is 2.10 bits per heavy atom. The van der Waals surface area contributed by atoms with Gasteiger partial charge in [0.1, 0.15) is 0 Å². The number of aryl methyl sites for hydroxylation is 1. The molecule has 0 saturated heterocycles. The van der Waals surface area contributed by atoms with Gasteiger partial charge < -0.3 is 10.1 Å². The predicted molar refractivity (Wildman–Crippen MR) is 77.0 cm³/mol. The summed E-state index contributed by atoms with van der Waals surface area (Å²) in [6, 6.07) is 0. The van der Waals surface area contributed by atoms with Gasteiger partial charge in [-0.25, -0.2) is 8.42 Å². The summed E-state index contributed by atoms with van der Waals surface area (Å²) in [6.45, 7) is 8.16. The van der Waals surface area contributed by atoms with Crippen LogP contribution in [0.25, 0.3) is 0 Å². The van der Waals surface area contributed by atoms with Crippen molar-refractivity contribution < 1.29 is 13.2 Å². The number of nitrogens with zero attached hydrogens (tertiary/aromatic N) is 2. The monoisotopic (exact) mass is 304 g/mol. The molecule has 0 radical (unpaired) electrons. The zero-order valence-electron chi connectivity index (χ0n) is 12.6. The predicted octanol–water partition coefficient (Wildman–Crippen LogP) is 0.485. The highest BCUT2D eigenvalue weighted by atomic mass is 32.2. The van der Waals surface area contributed by atoms with E-state index in [2.05, 4.69) is 15.5 Å². The number of hydrogen-bond donors (Lipinski definition) is 2. The van der Waals surface area contributed by atoms with Crippen molar-refractivity contribution in [1.82, 2.24) is 19.8 Å². The summed E-state index contributed by atoms with van der Waals surface area (Å²) >= 11 is 0. The van der Waals surface area contributed by atoms with Gasteiger partial charge in [0, 0.05) is 38.0 Å². The third-order valence-corrected chi connectivity index (χ3v) is 4.83. The average Bonchev–Trinajstić information content (AvgIpc) is 2.78. The molecular weight excluding hydrogens is 280 g/mol. The number of H-pyrrole nitrogens is 1. The van der Waals surface area contributed by atoms with Crippen LogP contribution < -0.4 is 5.32 Å². The van der Waals surface area contributed by atoms with Crippen LogP contribution in [0.2, 0.25) is 0 Å². The summed E-state index contributed by atoms with van der Waals surface area (Å²) in [4.78, 5) is 0. The largest absolute Gasteiger partial charge is 0.380 e. The average molecular weight is 304 g/mol. The maximum absolute atomic E-state index is 12.5. The van der Waals surface area contributed by atoms with Crippen molar-refractivity contribution in [2.24, 2.45) is 0 Å². The van der Waals surface area contributed by atoms with Gasteiger partial charge in [-0.2, -0.15) is 9.40 Å². The number of likely N-dealkylation sites (N-methyl/N-ethyl adjacent to an activating group) is 1. The number of hydrogen-bond acceptors (Lipinski definition) is 5. The molecule has 0 aliphatic heterocycles. The van der Waals surface area contributed by atoms with Crippen molar-refractivity contribution >= 4 is 10.0 Å². The third-order valence-electron chi connectivity index (χ3n) is 3.00. The Labute approximate surface area is 120 Å². The van der Waals surface area contributed by atoms with Crippen LogP contribution in [0.4, 0.5) is 0 Å². The number of nitrogens with one attached hydrogen (secondary N) is 2.